The van der Waals surface area contributed by atoms with Gasteiger partial charge in [-0.3, -0.25) is 23.8 Å². The molecular formula is C28H25ClFN9O2. The molecule has 0 fully saturated rings. The van der Waals surface area contributed by atoms with E-state index in [9.17, 15) is 9.59 Å². The van der Waals surface area contributed by atoms with E-state index in [0.717, 1.165) is 11.3 Å². The molecule has 41 heavy (non-hydrogen) atoms. The number of fused-ring (bicyclic) bond motifs is 4. The second-order valence-electron chi connectivity index (χ2n) is 9.96. The van der Waals surface area contributed by atoms with E-state index in [-0.39, 0.29) is 28.1 Å². The average molecular weight is 574 g/mol. The molecule has 5 heterocycles. The van der Waals surface area contributed by atoms with Gasteiger partial charge in [-0.15, -0.1) is 5.10 Å². The van der Waals surface area contributed by atoms with E-state index >= 15 is 4.39 Å². The Balaban J connectivity index is 1.46. The van der Waals surface area contributed by atoms with Crippen molar-refractivity contribution in [2.75, 3.05) is 5.32 Å². The lowest BCUT2D eigenvalue weighted by molar-refractivity contribution is -0.119. The number of rotatable bonds is 3. The van der Waals surface area contributed by atoms with Crippen LogP contribution in [0.15, 0.2) is 66.2 Å². The lowest BCUT2D eigenvalue weighted by atomic mass is 9.97. The molecule has 1 aromatic carbocycles. The summed E-state index contributed by atoms with van der Waals surface area (Å²) in [6.07, 6.45) is 9.51. The lowest BCUT2D eigenvalue weighted by Crippen LogP contribution is -2.27. The second kappa shape index (κ2) is 10.7. The molecule has 1 aliphatic heterocycles. The number of benzene rings is 1. The van der Waals surface area contributed by atoms with Crippen molar-refractivity contribution in [2.45, 2.75) is 32.2 Å². The van der Waals surface area contributed by atoms with Crippen LogP contribution in [0.5, 0.6) is 0 Å². The van der Waals surface area contributed by atoms with Crippen LogP contribution in [0, 0.1) is 11.7 Å². The molecule has 0 aliphatic carbocycles. The van der Waals surface area contributed by atoms with Crippen molar-refractivity contribution < 1.29 is 9.18 Å². The van der Waals surface area contributed by atoms with Crippen LogP contribution in [0.1, 0.15) is 37.9 Å². The van der Waals surface area contributed by atoms with Crippen molar-refractivity contribution >= 4 is 23.2 Å². The third-order valence-corrected chi connectivity index (χ3v) is 7.62. The lowest BCUT2D eigenvalue weighted by Gasteiger charge is -2.22. The van der Waals surface area contributed by atoms with E-state index < -0.39 is 17.4 Å². The maximum atomic E-state index is 15.3. The molecule has 1 N–H and O–H groups in total. The van der Waals surface area contributed by atoms with Gasteiger partial charge in [-0.25, -0.2) is 14.1 Å². The van der Waals surface area contributed by atoms with Gasteiger partial charge in [-0.2, -0.15) is 5.10 Å². The van der Waals surface area contributed by atoms with Gasteiger partial charge in [0.15, 0.2) is 5.82 Å². The van der Waals surface area contributed by atoms with Gasteiger partial charge in [0.05, 0.1) is 70.0 Å². The summed E-state index contributed by atoms with van der Waals surface area (Å²) in [4.78, 5) is 35.6. The Hall–Kier alpha value is -4.71. The third-order valence-electron chi connectivity index (χ3n) is 7.32. The molecular weight excluding hydrogens is 549 g/mol. The quantitative estimate of drug-likeness (QED) is 0.338. The molecule has 2 unspecified atom stereocenters. The molecule has 0 radical (unpaired) electrons. The van der Waals surface area contributed by atoms with Crippen molar-refractivity contribution in [3.63, 3.8) is 0 Å². The van der Waals surface area contributed by atoms with E-state index in [0.29, 0.717) is 36.3 Å². The number of nitrogens with zero attached hydrogens (tertiary/aromatic N) is 8. The predicted molar refractivity (Wildman–Crippen MR) is 150 cm³/mol. The minimum Gasteiger partial charge on any atom is -0.323 e. The zero-order valence-electron chi connectivity index (χ0n) is 22.2. The highest BCUT2D eigenvalue weighted by Crippen LogP contribution is 2.34. The SMILES string of the molecule is CC1CCCC(n2cnc(-c3c(-n4ccnn4)ccc(Cl)c3F)cc2=O)c2cc(ccn2)-c2c(cnn2C)NC1=O. The largest absolute Gasteiger partial charge is 0.323 e. The number of aromatic nitrogens is 8. The van der Waals surface area contributed by atoms with E-state index in [1.165, 1.54) is 33.9 Å². The van der Waals surface area contributed by atoms with Gasteiger partial charge in [-0.05, 0) is 37.1 Å². The highest BCUT2D eigenvalue weighted by Gasteiger charge is 2.25. The molecule has 5 aromatic rings. The van der Waals surface area contributed by atoms with Gasteiger partial charge in [-0.1, -0.05) is 30.2 Å². The third kappa shape index (κ3) is 4.91. The number of aryl methyl sites for hydroxylation is 1. The number of nitrogens with one attached hydrogen (secondary N) is 1. The fourth-order valence-corrected chi connectivity index (χ4v) is 5.33. The number of hydrogen-bond acceptors (Lipinski definition) is 7. The number of pyridine rings is 1. The van der Waals surface area contributed by atoms with Gasteiger partial charge in [0.1, 0.15) is 0 Å². The van der Waals surface area contributed by atoms with Crippen LogP contribution in [0.25, 0.3) is 28.2 Å². The molecule has 208 valence electrons. The summed E-state index contributed by atoms with van der Waals surface area (Å²) in [5.41, 5.74) is 2.87. The molecule has 4 aromatic heterocycles. The van der Waals surface area contributed by atoms with Crippen molar-refractivity contribution in [1.29, 1.82) is 0 Å². The molecule has 1 amide bonds. The molecule has 2 bridgehead atoms. The monoisotopic (exact) mass is 573 g/mol. The molecule has 11 nitrogen and oxygen atoms in total. The standard InChI is InChI=1S/C28H25ClFN9O2/c1-16-4-3-5-22(19-12-17(8-9-31-19)27-21(35-28(16)41)14-34-37(27)2)38-15-32-20(13-24(38)40)25-23(39-11-10-33-36-39)7-6-18(29)26(25)30/h6-16,22H,3-5H2,1-2H3,(H,35,41). The molecule has 2 atom stereocenters. The normalized spacial score (nSPS) is 17.3. The fourth-order valence-electron chi connectivity index (χ4n) is 5.18. The highest BCUT2D eigenvalue weighted by atomic mass is 35.5. The average Bonchev–Trinajstić information content (AvgIpc) is 3.62. The predicted octanol–water partition coefficient (Wildman–Crippen LogP) is 4.43. The smallest absolute Gasteiger partial charge is 0.254 e. The van der Waals surface area contributed by atoms with Crippen LogP contribution in [-0.2, 0) is 11.8 Å². The fraction of sp³-hybridized carbons (Fsp3) is 0.250. The zero-order valence-corrected chi connectivity index (χ0v) is 23.0. The van der Waals surface area contributed by atoms with Gasteiger partial charge in [0.2, 0.25) is 5.91 Å². The van der Waals surface area contributed by atoms with Crippen LogP contribution in [-0.4, -0.2) is 45.2 Å². The van der Waals surface area contributed by atoms with Crippen LogP contribution in [0.2, 0.25) is 5.02 Å². The summed E-state index contributed by atoms with van der Waals surface area (Å²) in [6.45, 7) is 1.87. The van der Waals surface area contributed by atoms with Crippen molar-refractivity contribution in [3.8, 4) is 28.2 Å². The summed E-state index contributed by atoms with van der Waals surface area (Å²) >= 11 is 6.10. The Morgan fingerprint density at radius 3 is 2.73 bits per heavy atom. The molecule has 6 rings (SSSR count). The Morgan fingerprint density at radius 1 is 1.10 bits per heavy atom. The van der Waals surface area contributed by atoms with E-state index in [2.05, 4.69) is 30.7 Å². The van der Waals surface area contributed by atoms with Gasteiger partial charge in [0.25, 0.3) is 5.56 Å². The Morgan fingerprint density at radius 2 is 1.95 bits per heavy atom. The number of halogens is 2. The second-order valence-corrected chi connectivity index (χ2v) is 10.4. The first kappa shape index (κ1) is 26.5. The molecule has 1 aliphatic rings. The minimum absolute atomic E-state index is 0.0367. The summed E-state index contributed by atoms with van der Waals surface area (Å²) in [5, 5.41) is 15.0. The zero-order chi connectivity index (χ0) is 28.7. The molecule has 0 saturated carbocycles. The first-order valence-electron chi connectivity index (χ1n) is 13.0. The number of hydrogen-bond donors (Lipinski definition) is 1. The topological polar surface area (TPSA) is 125 Å². The summed E-state index contributed by atoms with van der Waals surface area (Å²) < 4.78 is 19.9. The highest BCUT2D eigenvalue weighted by molar-refractivity contribution is 6.31. The van der Waals surface area contributed by atoms with Crippen LogP contribution >= 0.6 is 11.6 Å². The van der Waals surface area contributed by atoms with Crippen molar-refractivity contribution in [3.05, 3.63) is 88.3 Å². The van der Waals surface area contributed by atoms with Crippen LogP contribution in [0.4, 0.5) is 10.1 Å². The van der Waals surface area contributed by atoms with Crippen LogP contribution in [0.3, 0.4) is 0 Å². The Labute approximate surface area is 238 Å². The number of carbonyl (C=O) groups excluding carboxylic acids is 1. The van der Waals surface area contributed by atoms with Crippen LogP contribution < -0.4 is 10.9 Å². The van der Waals surface area contributed by atoms with E-state index in [1.54, 1.807) is 36.4 Å². The number of carbonyl (C=O) groups is 1. The Kier molecular flexibility index (Phi) is 6.91. The summed E-state index contributed by atoms with van der Waals surface area (Å²) in [7, 11) is 1.80. The maximum Gasteiger partial charge on any atom is 0.254 e. The molecule has 0 spiro atoms. The minimum atomic E-state index is -0.719. The Bertz CT molecular complexity index is 1820. The van der Waals surface area contributed by atoms with E-state index in [4.69, 9.17) is 11.6 Å². The number of anilines is 1. The van der Waals surface area contributed by atoms with Gasteiger partial charge >= 0.3 is 0 Å². The van der Waals surface area contributed by atoms with Gasteiger partial charge in [0, 0.05) is 30.8 Å². The number of amides is 1. The summed E-state index contributed by atoms with van der Waals surface area (Å²) in [6, 6.07) is 7.54. The molecule has 13 heteroatoms. The first-order valence-corrected chi connectivity index (χ1v) is 13.4. The van der Waals surface area contributed by atoms with Gasteiger partial charge < -0.3 is 5.32 Å². The van der Waals surface area contributed by atoms with Crippen molar-refractivity contribution in [2.24, 2.45) is 13.0 Å². The molecule has 0 saturated heterocycles. The maximum absolute atomic E-state index is 15.3. The first-order chi connectivity index (χ1) is 19.8. The van der Waals surface area contributed by atoms with E-state index in [1.807, 2.05) is 19.1 Å². The van der Waals surface area contributed by atoms with Crippen molar-refractivity contribution in [1.82, 2.24) is 39.3 Å². The summed E-state index contributed by atoms with van der Waals surface area (Å²) in [5.74, 6) is -1.07.